The highest BCUT2D eigenvalue weighted by Crippen LogP contribution is 2.20. The molecular formula is C12H22N4. The molecule has 1 atom stereocenters. The van der Waals surface area contributed by atoms with Crippen LogP contribution in [0.15, 0.2) is 12.4 Å². The predicted octanol–water partition coefficient (Wildman–Crippen LogP) is 1.34. The van der Waals surface area contributed by atoms with Gasteiger partial charge in [0.15, 0.2) is 0 Å². The zero-order valence-corrected chi connectivity index (χ0v) is 10.0. The highest BCUT2D eigenvalue weighted by atomic mass is 15.2. The maximum absolute atomic E-state index is 5.83. The smallest absolute Gasteiger partial charge is 0.0538 e. The molecule has 0 bridgehead atoms. The van der Waals surface area contributed by atoms with Crippen LogP contribution in [0.4, 0.5) is 0 Å². The third-order valence-electron chi connectivity index (χ3n) is 3.40. The van der Waals surface area contributed by atoms with E-state index in [1.807, 2.05) is 24.1 Å². The standard InChI is InChI=1S/C12H22N4/c1-16-9-10(8-14-16)12(7-13)15-11-5-3-2-4-6-11/h8-9,11-12,15H,2-7,13H2,1H3. The first-order valence-corrected chi connectivity index (χ1v) is 6.24. The number of nitrogens with two attached hydrogens (primary N) is 1. The lowest BCUT2D eigenvalue weighted by Gasteiger charge is -2.27. The van der Waals surface area contributed by atoms with Crippen molar-refractivity contribution in [2.75, 3.05) is 6.54 Å². The van der Waals surface area contributed by atoms with Crippen molar-refractivity contribution in [1.82, 2.24) is 15.1 Å². The maximum Gasteiger partial charge on any atom is 0.0538 e. The maximum atomic E-state index is 5.83. The van der Waals surface area contributed by atoms with Crippen LogP contribution in [-0.4, -0.2) is 22.4 Å². The van der Waals surface area contributed by atoms with Crippen LogP contribution in [0.5, 0.6) is 0 Å². The lowest BCUT2D eigenvalue weighted by Crippen LogP contribution is -2.37. The molecule has 16 heavy (non-hydrogen) atoms. The Morgan fingerprint density at radius 3 is 2.81 bits per heavy atom. The van der Waals surface area contributed by atoms with Gasteiger partial charge in [0.25, 0.3) is 0 Å². The van der Waals surface area contributed by atoms with E-state index in [2.05, 4.69) is 10.4 Å². The molecule has 0 radical (unpaired) electrons. The molecule has 1 saturated carbocycles. The third kappa shape index (κ3) is 2.83. The predicted molar refractivity (Wildman–Crippen MR) is 65.0 cm³/mol. The lowest BCUT2D eigenvalue weighted by molar-refractivity contribution is 0.340. The van der Waals surface area contributed by atoms with Gasteiger partial charge < -0.3 is 11.1 Å². The van der Waals surface area contributed by atoms with Crippen molar-refractivity contribution in [3.8, 4) is 0 Å². The van der Waals surface area contributed by atoms with Gasteiger partial charge in [-0.3, -0.25) is 4.68 Å². The average molecular weight is 222 g/mol. The van der Waals surface area contributed by atoms with E-state index in [-0.39, 0.29) is 6.04 Å². The van der Waals surface area contributed by atoms with Crippen molar-refractivity contribution in [3.63, 3.8) is 0 Å². The number of hydrogen-bond acceptors (Lipinski definition) is 3. The summed E-state index contributed by atoms with van der Waals surface area (Å²) in [6, 6.07) is 0.902. The third-order valence-corrected chi connectivity index (χ3v) is 3.40. The summed E-state index contributed by atoms with van der Waals surface area (Å²) >= 11 is 0. The molecule has 1 unspecified atom stereocenters. The van der Waals surface area contributed by atoms with Gasteiger partial charge in [-0.2, -0.15) is 5.10 Å². The van der Waals surface area contributed by atoms with Gasteiger partial charge in [-0.25, -0.2) is 0 Å². The molecule has 0 aliphatic heterocycles. The summed E-state index contributed by atoms with van der Waals surface area (Å²) < 4.78 is 1.83. The van der Waals surface area contributed by atoms with Crippen LogP contribution < -0.4 is 11.1 Å². The van der Waals surface area contributed by atoms with Crippen LogP contribution in [0, 0.1) is 0 Å². The Morgan fingerprint density at radius 2 is 2.25 bits per heavy atom. The molecule has 1 aliphatic carbocycles. The van der Waals surface area contributed by atoms with Crippen molar-refractivity contribution in [2.45, 2.75) is 44.2 Å². The molecule has 90 valence electrons. The van der Waals surface area contributed by atoms with Gasteiger partial charge in [0.2, 0.25) is 0 Å². The summed E-state index contributed by atoms with van der Waals surface area (Å²) in [5.74, 6) is 0. The van der Waals surface area contributed by atoms with Crippen LogP contribution >= 0.6 is 0 Å². The van der Waals surface area contributed by atoms with E-state index in [1.165, 1.54) is 37.7 Å². The van der Waals surface area contributed by atoms with Crippen LogP contribution in [0.2, 0.25) is 0 Å². The Bertz CT molecular complexity index is 315. The molecule has 0 saturated heterocycles. The van der Waals surface area contributed by atoms with Crippen molar-refractivity contribution >= 4 is 0 Å². The van der Waals surface area contributed by atoms with Crippen molar-refractivity contribution in [2.24, 2.45) is 12.8 Å². The Kier molecular flexibility index (Phi) is 3.96. The Morgan fingerprint density at radius 1 is 1.50 bits per heavy atom. The second-order valence-corrected chi connectivity index (χ2v) is 4.74. The Balaban J connectivity index is 1.94. The quantitative estimate of drug-likeness (QED) is 0.808. The number of nitrogens with zero attached hydrogens (tertiary/aromatic N) is 2. The Labute approximate surface area is 97.2 Å². The zero-order chi connectivity index (χ0) is 11.4. The number of nitrogens with one attached hydrogen (secondary N) is 1. The number of rotatable bonds is 4. The van der Waals surface area contributed by atoms with Gasteiger partial charge >= 0.3 is 0 Å². The van der Waals surface area contributed by atoms with Crippen molar-refractivity contribution in [3.05, 3.63) is 18.0 Å². The number of hydrogen-bond donors (Lipinski definition) is 2. The van der Waals surface area contributed by atoms with Crippen LogP contribution in [-0.2, 0) is 7.05 Å². The molecule has 4 heteroatoms. The fraction of sp³-hybridized carbons (Fsp3) is 0.750. The van der Waals surface area contributed by atoms with E-state index in [0.717, 1.165) is 0 Å². The van der Waals surface area contributed by atoms with E-state index in [0.29, 0.717) is 12.6 Å². The molecule has 0 spiro atoms. The minimum absolute atomic E-state index is 0.261. The van der Waals surface area contributed by atoms with E-state index >= 15 is 0 Å². The number of aromatic nitrogens is 2. The van der Waals surface area contributed by atoms with Gasteiger partial charge in [-0.15, -0.1) is 0 Å². The van der Waals surface area contributed by atoms with Gasteiger partial charge in [0, 0.05) is 37.4 Å². The van der Waals surface area contributed by atoms with Crippen LogP contribution in [0.3, 0.4) is 0 Å². The molecule has 3 N–H and O–H groups in total. The second-order valence-electron chi connectivity index (χ2n) is 4.74. The SMILES string of the molecule is Cn1cc(C(CN)NC2CCCCC2)cn1. The summed E-state index contributed by atoms with van der Waals surface area (Å²) in [6.07, 6.45) is 10.6. The highest BCUT2D eigenvalue weighted by Gasteiger charge is 2.18. The molecular weight excluding hydrogens is 200 g/mol. The lowest BCUT2D eigenvalue weighted by atomic mass is 9.94. The minimum Gasteiger partial charge on any atom is -0.329 e. The molecule has 1 fully saturated rings. The van der Waals surface area contributed by atoms with E-state index in [1.54, 1.807) is 0 Å². The molecule has 0 amide bonds. The molecule has 1 heterocycles. The minimum atomic E-state index is 0.261. The molecule has 1 aliphatic rings. The first-order chi connectivity index (χ1) is 7.79. The molecule has 4 nitrogen and oxygen atoms in total. The van der Waals surface area contributed by atoms with E-state index in [9.17, 15) is 0 Å². The van der Waals surface area contributed by atoms with Gasteiger partial charge in [0.05, 0.1) is 6.20 Å². The fourth-order valence-electron chi connectivity index (χ4n) is 2.47. The van der Waals surface area contributed by atoms with E-state index < -0.39 is 0 Å². The first-order valence-electron chi connectivity index (χ1n) is 6.24. The second kappa shape index (κ2) is 5.46. The summed E-state index contributed by atoms with van der Waals surface area (Å²) in [7, 11) is 1.94. The van der Waals surface area contributed by atoms with E-state index in [4.69, 9.17) is 5.73 Å². The van der Waals surface area contributed by atoms with Crippen LogP contribution in [0.25, 0.3) is 0 Å². The summed E-state index contributed by atoms with van der Waals surface area (Å²) in [4.78, 5) is 0. The molecule has 1 aromatic heterocycles. The van der Waals surface area contributed by atoms with Crippen molar-refractivity contribution in [1.29, 1.82) is 0 Å². The fourth-order valence-corrected chi connectivity index (χ4v) is 2.47. The molecule has 0 aromatic carbocycles. The summed E-state index contributed by atoms with van der Waals surface area (Å²) in [5, 5.41) is 7.86. The van der Waals surface area contributed by atoms with Crippen LogP contribution in [0.1, 0.15) is 43.7 Å². The summed E-state index contributed by atoms with van der Waals surface area (Å²) in [6.45, 7) is 0.641. The molecule has 2 rings (SSSR count). The monoisotopic (exact) mass is 222 g/mol. The van der Waals surface area contributed by atoms with Crippen molar-refractivity contribution < 1.29 is 0 Å². The first kappa shape index (κ1) is 11.6. The highest BCUT2D eigenvalue weighted by molar-refractivity contribution is 5.11. The summed E-state index contributed by atoms with van der Waals surface area (Å²) in [5.41, 5.74) is 7.04. The molecule has 1 aromatic rings. The van der Waals surface area contributed by atoms with Gasteiger partial charge in [-0.1, -0.05) is 19.3 Å². The largest absolute Gasteiger partial charge is 0.329 e. The topological polar surface area (TPSA) is 55.9 Å². The Hall–Kier alpha value is -0.870. The van der Waals surface area contributed by atoms with Gasteiger partial charge in [0.1, 0.15) is 0 Å². The normalized spacial score (nSPS) is 19.9. The zero-order valence-electron chi connectivity index (χ0n) is 10.0. The van der Waals surface area contributed by atoms with Gasteiger partial charge in [-0.05, 0) is 12.8 Å². The number of aryl methyl sites for hydroxylation is 1. The average Bonchev–Trinajstić information content (AvgIpc) is 2.74.